The van der Waals surface area contributed by atoms with E-state index in [1.807, 2.05) is 14.1 Å². The van der Waals surface area contributed by atoms with Crippen molar-refractivity contribution in [3.63, 3.8) is 0 Å². The predicted octanol–water partition coefficient (Wildman–Crippen LogP) is 4.26. The predicted molar refractivity (Wildman–Crippen MR) is 82.0 cm³/mol. The van der Waals surface area contributed by atoms with Crippen LogP contribution in [0.2, 0.25) is 0 Å². The van der Waals surface area contributed by atoms with Crippen molar-refractivity contribution in [1.29, 1.82) is 0 Å². The first-order chi connectivity index (χ1) is 9.02. The molecule has 0 aliphatic heterocycles. The van der Waals surface area contributed by atoms with Crippen LogP contribution >= 0.6 is 0 Å². The van der Waals surface area contributed by atoms with E-state index in [2.05, 4.69) is 26.0 Å². The number of nitrogens with zero attached hydrogens (tertiary/aromatic N) is 1. The summed E-state index contributed by atoms with van der Waals surface area (Å²) in [6.45, 7) is 4.28. The lowest BCUT2D eigenvalue weighted by molar-refractivity contribution is -0.134. The van der Waals surface area contributed by atoms with Gasteiger partial charge in [0.05, 0.1) is 0 Å². The number of hydrogen-bond acceptors (Lipinski definition) is 1. The van der Waals surface area contributed by atoms with Crippen LogP contribution in [0.25, 0.3) is 0 Å². The van der Waals surface area contributed by atoms with Gasteiger partial charge in [-0.05, 0) is 24.7 Å². The summed E-state index contributed by atoms with van der Waals surface area (Å²) < 4.78 is 0. The van der Waals surface area contributed by atoms with Gasteiger partial charge in [0.15, 0.2) is 0 Å². The minimum Gasteiger partial charge on any atom is -0.349 e. The second-order valence-electron chi connectivity index (χ2n) is 6.53. The highest BCUT2D eigenvalue weighted by molar-refractivity contribution is 5.78. The largest absolute Gasteiger partial charge is 0.349 e. The highest BCUT2D eigenvalue weighted by Crippen LogP contribution is 2.27. The van der Waals surface area contributed by atoms with Gasteiger partial charge in [0.2, 0.25) is 5.91 Å². The fraction of sp³-hybridized carbons (Fsp3) is 0.824. The lowest BCUT2D eigenvalue weighted by Gasteiger charge is -2.23. The molecule has 1 aliphatic carbocycles. The molecule has 2 nitrogen and oxygen atoms in total. The van der Waals surface area contributed by atoms with E-state index < -0.39 is 0 Å². The maximum Gasteiger partial charge on any atom is 0.225 e. The standard InChI is InChI=1S/C17H31NO/c1-14(2)16(17(19)18(3)4)13-9-8-12-15-10-6-5-7-11-15/h8-9,14-16H,5-7,10-13H2,1-4H3/b9-8+/t16-/m0/s1. The molecule has 2 heteroatoms. The van der Waals surface area contributed by atoms with Gasteiger partial charge in [-0.3, -0.25) is 4.79 Å². The lowest BCUT2D eigenvalue weighted by atomic mass is 9.86. The zero-order valence-corrected chi connectivity index (χ0v) is 13.2. The Kier molecular flexibility index (Phi) is 7.19. The van der Waals surface area contributed by atoms with Gasteiger partial charge in [0.1, 0.15) is 0 Å². The Morgan fingerprint density at radius 2 is 1.79 bits per heavy atom. The summed E-state index contributed by atoms with van der Waals surface area (Å²) >= 11 is 0. The van der Waals surface area contributed by atoms with Crippen molar-refractivity contribution in [3.8, 4) is 0 Å². The van der Waals surface area contributed by atoms with Crippen LogP contribution in [-0.4, -0.2) is 24.9 Å². The highest BCUT2D eigenvalue weighted by Gasteiger charge is 2.22. The van der Waals surface area contributed by atoms with E-state index in [-0.39, 0.29) is 11.8 Å². The fourth-order valence-electron chi connectivity index (χ4n) is 2.94. The van der Waals surface area contributed by atoms with Crippen molar-refractivity contribution in [3.05, 3.63) is 12.2 Å². The summed E-state index contributed by atoms with van der Waals surface area (Å²) in [4.78, 5) is 13.8. The summed E-state index contributed by atoms with van der Waals surface area (Å²) in [5, 5.41) is 0. The third-order valence-electron chi connectivity index (χ3n) is 4.31. The first kappa shape index (κ1) is 16.3. The van der Waals surface area contributed by atoms with Crippen LogP contribution in [0, 0.1) is 17.8 Å². The van der Waals surface area contributed by atoms with Gasteiger partial charge in [-0.15, -0.1) is 0 Å². The molecule has 0 aromatic rings. The molecule has 0 unspecified atom stereocenters. The van der Waals surface area contributed by atoms with Gasteiger partial charge in [0.25, 0.3) is 0 Å². The van der Waals surface area contributed by atoms with Crippen LogP contribution < -0.4 is 0 Å². The van der Waals surface area contributed by atoms with Gasteiger partial charge >= 0.3 is 0 Å². The zero-order valence-electron chi connectivity index (χ0n) is 13.2. The third-order valence-corrected chi connectivity index (χ3v) is 4.31. The fourth-order valence-corrected chi connectivity index (χ4v) is 2.94. The molecule has 1 amide bonds. The van der Waals surface area contributed by atoms with Gasteiger partial charge in [0, 0.05) is 20.0 Å². The molecule has 0 aromatic heterocycles. The number of carbonyl (C=O) groups excluding carboxylic acids is 1. The summed E-state index contributed by atoms with van der Waals surface area (Å²) in [5.41, 5.74) is 0. The molecular formula is C17H31NO. The smallest absolute Gasteiger partial charge is 0.225 e. The Morgan fingerprint density at radius 3 is 2.32 bits per heavy atom. The monoisotopic (exact) mass is 265 g/mol. The van der Waals surface area contributed by atoms with Crippen LogP contribution in [-0.2, 0) is 4.79 Å². The molecule has 0 saturated heterocycles. The molecule has 1 atom stereocenters. The minimum atomic E-state index is 0.137. The molecule has 0 N–H and O–H groups in total. The van der Waals surface area contributed by atoms with Gasteiger partial charge in [-0.25, -0.2) is 0 Å². The number of allylic oxidation sites excluding steroid dienone is 2. The van der Waals surface area contributed by atoms with Crippen LogP contribution in [0.3, 0.4) is 0 Å². The Balaban J connectivity index is 2.36. The van der Waals surface area contributed by atoms with E-state index in [1.165, 1.54) is 38.5 Å². The molecular weight excluding hydrogens is 234 g/mol. The van der Waals surface area contributed by atoms with Crippen molar-refractivity contribution in [2.45, 2.75) is 58.8 Å². The topological polar surface area (TPSA) is 20.3 Å². The first-order valence-electron chi connectivity index (χ1n) is 7.88. The molecule has 1 rings (SSSR count). The molecule has 1 aliphatic rings. The Bertz CT molecular complexity index is 288. The van der Waals surface area contributed by atoms with Crippen molar-refractivity contribution in [2.75, 3.05) is 14.1 Å². The van der Waals surface area contributed by atoms with Gasteiger partial charge in [-0.1, -0.05) is 58.1 Å². The van der Waals surface area contributed by atoms with E-state index >= 15 is 0 Å². The molecule has 0 aromatic carbocycles. The third kappa shape index (κ3) is 5.80. The van der Waals surface area contributed by atoms with E-state index in [1.54, 1.807) is 4.90 Å². The molecule has 110 valence electrons. The van der Waals surface area contributed by atoms with Crippen molar-refractivity contribution in [1.82, 2.24) is 4.90 Å². The Hall–Kier alpha value is -0.790. The molecule has 0 heterocycles. The molecule has 0 bridgehead atoms. The van der Waals surface area contributed by atoms with Gasteiger partial charge < -0.3 is 4.90 Å². The average molecular weight is 265 g/mol. The van der Waals surface area contributed by atoms with Crippen molar-refractivity contribution in [2.24, 2.45) is 17.8 Å². The molecule has 1 fully saturated rings. The number of carbonyl (C=O) groups is 1. The maximum atomic E-state index is 12.1. The summed E-state index contributed by atoms with van der Waals surface area (Å²) in [6.07, 6.45) is 13.7. The number of hydrogen-bond donors (Lipinski definition) is 0. The zero-order chi connectivity index (χ0) is 14.3. The summed E-state index contributed by atoms with van der Waals surface area (Å²) in [5.74, 6) is 1.70. The van der Waals surface area contributed by atoms with E-state index in [0.717, 1.165) is 12.3 Å². The average Bonchev–Trinajstić information content (AvgIpc) is 2.38. The maximum absolute atomic E-state index is 12.1. The summed E-state index contributed by atoms with van der Waals surface area (Å²) in [6, 6.07) is 0. The van der Waals surface area contributed by atoms with Gasteiger partial charge in [-0.2, -0.15) is 0 Å². The molecule has 19 heavy (non-hydrogen) atoms. The quantitative estimate of drug-likeness (QED) is 0.657. The lowest BCUT2D eigenvalue weighted by Crippen LogP contribution is -2.32. The van der Waals surface area contributed by atoms with E-state index in [4.69, 9.17) is 0 Å². The van der Waals surface area contributed by atoms with Crippen molar-refractivity contribution < 1.29 is 4.79 Å². The number of rotatable bonds is 6. The SMILES string of the molecule is CC(C)[C@H](C/C=C/CC1CCCCC1)C(=O)N(C)C. The van der Waals surface area contributed by atoms with E-state index in [9.17, 15) is 4.79 Å². The second-order valence-corrected chi connectivity index (χ2v) is 6.53. The van der Waals surface area contributed by atoms with Crippen LogP contribution in [0.15, 0.2) is 12.2 Å². The Morgan fingerprint density at radius 1 is 1.16 bits per heavy atom. The van der Waals surface area contributed by atoms with Crippen LogP contribution in [0.1, 0.15) is 58.8 Å². The highest BCUT2D eigenvalue weighted by atomic mass is 16.2. The van der Waals surface area contributed by atoms with E-state index in [0.29, 0.717) is 5.92 Å². The molecule has 0 radical (unpaired) electrons. The Labute approximate surface area is 119 Å². The number of amides is 1. The second kappa shape index (κ2) is 8.39. The van der Waals surface area contributed by atoms with Crippen LogP contribution in [0.5, 0.6) is 0 Å². The molecule has 1 saturated carbocycles. The first-order valence-corrected chi connectivity index (χ1v) is 7.88. The minimum absolute atomic E-state index is 0.137. The summed E-state index contributed by atoms with van der Waals surface area (Å²) in [7, 11) is 3.70. The molecule has 0 spiro atoms. The van der Waals surface area contributed by atoms with Crippen LogP contribution in [0.4, 0.5) is 0 Å². The normalized spacial score (nSPS) is 19.0. The van der Waals surface area contributed by atoms with Crippen molar-refractivity contribution >= 4 is 5.91 Å².